The molecule has 2 aromatic rings. The van der Waals surface area contributed by atoms with Gasteiger partial charge in [-0.05, 0) is 43.5 Å². The molecule has 6 heteroatoms. The van der Waals surface area contributed by atoms with E-state index in [0.717, 1.165) is 30.4 Å². The number of fused-ring (bicyclic) bond motifs is 1. The molecule has 108 valence electrons. The van der Waals surface area contributed by atoms with E-state index in [2.05, 4.69) is 35.3 Å². The predicted molar refractivity (Wildman–Crippen MR) is 83.5 cm³/mol. The highest BCUT2D eigenvalue weighted by molar-refractivity contribution is 5.90. The van der Waals surface area contributed by atoms with Gasteiger partial charge in [-0.25, -0.2) is 4.98 Å². The molecule has 0 aliphatic rings. The number of hydrogen-bond donors (Lipinski definition) is 3. The van der Waals surface area contributed by atoms with Gasteiger partial charge >= 0.3 is 0 Å². The summed E-state index contributed by atoms with van der Waals surface area (Å²) in [5, 5.41) is 0.911. The Kier molecular flexibility index (Phi) is 4.36. The van der Waals surface area contributed by atoms with E-state index in [4.69, 9.17) is 11.6 Å². The van der Waals surface area contributed by atoms with E-state index >= 15 is 0 Å². The molecule has 6 nitrogen and oxygen atoms in total. The fourth-order valence-electron chi connectivity index (χ4n) is 2.09. The molecule has 0 aliphatic heterocycles. The summed E-state index contributed by atoms with van der Waals surface area (Å²) in [5.41, 5.74) is 12.0. The maximum Gasteiger partial charge on any atom is 0.227 e. The van der Waals surface area contributed by atoms with Crippen molar-refractivity contribution in [3.8, 4) is 0 Å². The second-order valence-electron chi connectivity index (χ2n) is 5.09. The minimum absolute atomic E-state index is 0.525. The topological polar surface area (TPSA) is 93.1 Å². The summed E-state index contributed by atoms with van der Waals surface area (Å²) in [7, 11) is 1.96. The number of anilines is 2. The van der Waals surface area contributed by atoms with Crippen molar-refractivity contribution in [1.29, 1.82) is 0 Å². The molecule has 5 N–H and O–H groups in total. The molecule has 0 radical (unpaired) electrons. The molecule has 1 heterocycles. The lowest BCUT2D eigenvalue weighted by atomic mass is 10.1. The average Bonchev–Trinajstić information content (AvgIpc) is 2.41. The minimum Gasteiger partial charge on any atom is -0.383 e. The Morgan fingerprint density at radius 1 is 1.20 bits per heavy atom. The van der Waals surface area contributed by atoms with E-state index in [1.54, 1.807) is 0 Å². The molecule has 0 amide bonds. The summed E-state index contributed by atoms with van der Waals surface area (Å²) < 4.78 is 0. The lowest BCUT2D eigenvalue weighted by molar-refractivity contribution is 0.669. The zero-order chi connectivity index (χ0) is 14.7. The van der Waals surface area contributed by atoms with Crippen molar-refractivity contribution in [2.24, 2.45) is 5.84 Å². The fraction of sp³-hybridized carbons (Fsp3) is 0.429. The molecular formula is C14H22N6. The van der Waals surface area contributed by atoms with Gasteiger partial charge in [-0.15, -0.1) is 0 Å². The predicted octanol–water partition coefficient (Wildman–Crippen LogP) is 1.12. The Labute approximate surface area is 119 Å². The third kappa shape index (κ3) is 2.97. The molecule has 0 saturated heterocycles. The lowest BCUT2D eigenvalue weighted by Crippen LogP contribution is -2.28. The van der Waals surface area contributed by atoms with Gasteiger partial charge in [0.05, 0.1) is 5.52 Å². The van der Waals surface area contributed by atoms with Crippen molar-refractivity contribution in [3.05, 3.63) is 23.3 Å². The molecular weight excluding hydrogens is 252 g/mol. The van der Waals surface area contributed by atoms with E-state index in [-0.39, 0.29) is 0 Å². The number of nitrogen functional groups attached to an aromatic ring is 1. The molecule has 20 heavy (non-hydrogen) atoms. The average molecular weight is 274 g/mol. The molecule has 0 spiro atoms. The van der Waals surface area contributed by atoms with Crippen molar-refractivity contribution < 1.29 is 0 Å². The quantitative estimate of drug-likeness (QED) is 0.430. The first-order valence-corrected chi connectivity index (χ1v) is 6.72. The van der Waals surface area contributed by atoms with E-state index in [0.29, 0.717) is 11.8 Å². The minimum atomic E-state index is 0.525. The number of rotatable bonds is 5. The van der Waals surface area contributed by atoms with Crippen LogP contribution in [0.2, 0.25) is 0 Å². The zero-order valence-electron chi connectivity index (χ0n) is 12.3. The second kappa shape index (κ2) is 6.02. The molecule has 0 saturated carbocycles. The van der Waals surface area contributed by atoms with Crippen molar-refractivity contribution in [1.82, 2.24) is 15.4 Å². The standard InChI is InChI=1S/C14H22N6/c1-9-7-11-12(8-10(9)2)18-14(19-13(11)15)20(3)6-4-5-17-16/h7-8,17H,4-6,16H2,1-3H3,(H2,15,18,19). The highest BCUT2D eigenvalue weighted by atomic mass is 15.2. The van der Waals surface area contributed by atoms with E-state index in [9.17, 15) is 0 Å². The van der Waals surface area contributed by atoms with Crippen molar-refractivity contribution >= 4 is 22.7 Å². The van der Waals surface area contributed by atoms with Crippen LogP contribution < -0.4 is 21.9 Å². The first-order chi connectivity index (χ1) is 9.52. The van der Waals surface area contributed by atoms with Gasteiger partial charge in [-0.2, -0.15) is 4.98 Å². The van der Waals surface area contributed by atoms with E-state index in [1.165, 1.54) is 11.1 Å². The molecule has 1 aromatic heterocycles. The van der Waals surface area contributed by atoms with E-state index in [1.807, 2.05) is 18.0 Å². The van der Waals surface area contributed by atoms with Crippen LogP contribution in [0.3, 0.4) is 0 Å². The van der Waals surface area contributed by atoms with Crippen LogP contribution in [-0.2, 0) is 0 Å². The number of nitrogens with zero attached hydrogens (tertiary/aromatic N) is 3. The lowest BCUT2D eigenvalue weighted by Gasteiger charge is -2.18. The van der Waals surface area contributed by atoms with Gasteiger partial charge in [0.15, 0.2) is 0 Å². The van der Waals surface area contributed by atoms with Gasteiger partial charge in [0.25, 0.3) is 0 Å². The second-order valence-corrected chi connectivity index (χ2v) is 5.09. The number of aromatic nitrogens is 2. The van der Waals surface area contributed by atoms with Crippen LogP contribution in [0.5, 0.6) is 0 Å². The molecule has 0 unspecified atom stereocenters. The van der Waals surface area contributed by atoms with Crippen LogP contribution in [-0.4, -0.2) is 30.1 Å². The summed E-state index contributed by atoms with van der Waals surface area (Å²) in [6.07, 6.45) is 0.918. The maximum atomic E-state index is 6.06. The molecule has 1 aromatic carbocycles. The first kappa shape index (κ1) is 14.5. The summed E-state index contributed by atoms with van der Waals surface area (Å²) in [6.45, 7) is 5.71. The fourth-order valence-corrected chi connectivity index (χ4v) is 2.09. The number of nitrogens with one attached hydrogen (secondary N) is 1. The van der Waals surface area contributed by atoms with Crippen LogP contribution in [0.4, 0.5) is 11.8 Å². The summed E-state index contributed by atoms with van der Waals surface area (Å²) in [6, 6.07) is 4.10. The Morgan fingerprint density at radius 2 is 1.90 bits per heavy atom. The number of hydrazine groups is 1. The van der Waals surface area contributed by atoms with Crippen LogP contribution in [0, 0.1) is 13.8 Å². The van der Waals surface area contributed by atoms with E-state index < -0.39 is 0 Å². The van der Waals surface area contributed by atoms with Crippen LogP contribution in [0.25, 0.3) is 10.9 Å². The van der Waals surface area contributed by atoms with Crippen LogP contribution in [0.15, 0.2) is 12.1 Å². The number of hydrogen-bond acceptors (Lipinski definition) is 6. The van der Waals surface area contributed by atoms with Gasteiger partial charge in [0.1, 0.15) is 5.82 Å². The summed E-state index contributed by atoms with van der Waals surface area (Å²) in [4.78, 5) is 11.0. The largest absolute Gasteiger partial charge is 0.383 e. The maximum absolute atomic E-state index is 6.06. The van der Waals surface area contributed by atoms with Gasteiger partial charge < -0.3 is 10.6 Å². The molecule has 0 bridgehead atoms. The number of nitrogens with two attached hydrogens (primary N) is 2. The highest BCUT2D eigenvalue weighted by Crippen LogP contribution is 2.24. The Balaban J connectivity index is 2.34. The van der Waals surface area contributed by atoms with Crippen LogP contribution >= 0.6 is 0 Å². The Morgan fingerprint density at radius 3 is 2.60 bits per heavy atom. The third-order valence-electron chi connectivity index (χ3n) is 3.48. The van der Waals surface area contributed by atoms with Gasteiger partial charge in [-0.3, -0.25) is 11.3 Å². The molecule has 0 fully saturated rings. The van der Waals surface area contributed by atoms with Crippen molar-refractivity contribution in [3.63, 3.8) is 0 Å². The molecule has 0 aliphatic carbocycles. The van der Waals surface area contributed by atoms with Gasteiger partial charge in [-0.1, -0.05) is 0 Å². The normalized spacial score (nSPS) is 11.0. The highest BCUT2D eigenvalue weighted by Gasteiger charge is 2.10. The Bertz CT molecular complexity index is 610. The van der Waals surface area contributed by atoms with Gasteiger partial charge in [0, 0.05) is 25.5 Å². The summed E-state index contributed by atoms with van der Waals surface area (Å²) in [5.74, 6) is 6.44. The van der Waals surface area contributed by atoms with Crippen molar-refractivity contribution in [2.45, 2.75) is 20.3 Å². The van der Waals surface area contributed by atoms with Crippen molar-refractivity contribution in [2.75, 3.05) is 30.8 Å². The zero-order valence-corrected chi connectivity index (χ0v) is 12.3. The summed E-state index contributed by atoms with van der Waals surface area (Å²) >= 11 is 0. The van der Waals surface area contributed by atoms with Crippen LogP contribution in [0.1, 0.15) is 17.5 Å². The first-order valence-electron chi connectivity index (χ1n) is 6.72. The number of aryl methyl sites for hydroxylation is 2. The molecule has 2 rings (SSSR count). The number of benzene rings is 1. The SMILES string of the molecule is Cc1cc2nc(N(C)CCCNN)nc(N)c2cc1C. The third-order valence-corrected chi connectivity index (χ3v) is 3.48. The molecule has 0 atom stereocenters. The Hall–Kier alpha value is -1.92. The monoisotopic (exact) mass is 274 g/mol. The van der Waals surface area contributed by atoms with Gasteiger partial charge in [0.2, 0.25) is 5.95 Å². The smallest absolute Gasteiger partial charge is 0.227 e.